The van der Waals surface area contributed by atoms with Crippen LogP contribution in [0, 0.1) is 5.92 Å². The fraction of sp³-hybridized carbons (Fsp3) is 0.882. The third kappa shape index (κ3) is 8.00. The predicted octanol–water partition coefficient (Wildman–Crippen LogP) is 1.56. The number of aliphatic imine (C=N–C) groups is 1. The lowest BCUT2D eigenvalue weighted by atomic mass is 10.3. The Morgan fingerprint density at radius 2 is 1.79 bits per heavy atom. The molecular weight excluding hydrogens is 417 g/mol. The van der Waals surface area contributed by atoms with E-state index in [-0.39, 0.29) is 35.8 Å². The Balaban J connectivity index is 0.00000288. The molecule has 0 aromatic rings. The van der Waals surface area contributed by atoms with Gasteiger partial charge in [0.05, 0.1) is 6.54 Å². The Morgan fingerprint density at radius 1 is 1.12 bits per heavy atom. The van der Waals surface area contributed by atoms with E-state index in [1.807, 2.05) is 0 Å². The van der Waals surface area contributed by atoms with Crippen LogP contribution in [0.1, 0.15) is 46.5 Å². The largest absolute Gasteiger partial charge is 0.357 e. The van der Waals surface area contributed by atoms with Crippen molar-refractivity contribution in [2.24, 2.45) is 10.9 Å². The molecule has 0 saturated heterocycles. The fourth-order valence-electron chi connectivity index (χ4n) is 2.74. The second kappa shape index (κ2) is 11.1. The second-order valence-corrected chi connectivity index (χ2v) is 6.82. The molecule has 2 aliphatic carbocycles. The Hall–Kier alpha value is -0.570. The van der Waals surface area contributed by atoms with Gasteiger partial charge in [-0.15, -0.1) is 24.0 Å². The number of halogens is 1. The maximum atomic E-state index is 11.6. The quantitative estimate of drug-likeness (QED) is 0.204. The SMILES string of the molecule is CCNC(=NCCN(C(C)C)C1CC1)NCCNC(=O)C1CC1.I. The first-order chi connectivity index (χ1) is 11.1. The topological polar surface area (TPSA) is 68.8 Å². The van der Waals surface area contributed by atoms with Crippen molar-refractivity contribution in [1.82, 2.24) is 20.9 Å². The molecule has 0 spiro atoms. The molecule has 0 aromatic carbocycles. The van der Waals surface area contributed by atoms with E-state index in [2.05, 4.69) is 46.6 Å². The zero-order valence-electron chi connectivity index (χ0n) is 15.3. The lowest BCUT2D eigenvalue weighted by molar-refractivity contribution is -0.122. The number of carbonyl (C=O) groups is 1. The summed E-state index contributed by atoms with van der Waals surface area (Å²) in [6, 6.07) is 1.37. The van der Waals surface area contributed by atoms with Crippen molar-refractivity contribution in [3.63, 3.8) is 0 Å². The number of guanidine groups is 1. The lowest BCUT2D eigenvalue weighted by Crippen LogP contribution is -2.42. The number of hydrogen-bond donors (Lipinski definition) is 3. The van der Waals surface area contributed by atoms with Gasteiger partial charge < -0.3 is 16.0 Å². The molecule has 2 fully saturated rings. The second-order valence-electron chi connectivity index (χ2n) is 6.82. The van der Waals surface area contributed by atoms with Gasteiger partial charge in [-0.2, -0.15) is 0 Å². The Bertz CT molecular complexity index is 406. The third-order valence-corrected chi connectivity index (χ3v) is 4.32. The molecule has 0 heterocycles. The van der Waals surface area contributed by atoms with Crippen LogP contribution in [0.3, 0.4) is 0 Å². The highest BCUT2D eigenvalue weighted by Gasteiger charge is 2.30. The monoisotopic (exact) mass is 451 g/mol. The molecule has 1 amide bonds. The van der Waals surface area contributed by atoms with Crippen molar-refractivity contribution in [2.75, 3.05) is 32.7 Å². The summed E-state index contributed by atoms with van der Waals surface area (Å²) in [5, 5.41) is 9.51. The zero-order valence-corrected chi connectivity index (χ0v) is 17.6. The minimum atomic E-state index is 0. The van der Waals surface area contributed by atoms with Gasteiger partial charge >= 0.3 is 0 Å². The standard InChI is InChI=1S/C17H33N5O.HI/c1-4-18-17(20-10-9-19-16(23)14-5-6-14)21-11-12-22(13(2)3)15-7-8-15;/h13-15H,4-12H2,1-3H3,(H,19,23)(H2,18,20,21);1H. The van der Waals surface area contributed by atoms with E-state index in [1.54, 1.807) is 0 Å². The minimum absolute atomic E-state index is 0. The molecule has 0 aromatic heterocycles. The maximum Gasteiger partial charge on any atom is 0.223 e. The Labute approximate surface area is 163 Å². The lowest BCUT2D eigenvalue weighted by Gasteiger charge is -2.25. The summed E-state index contributed by atoms with van der Waals surface area (Å²) in [5.74, 6) is 1.32. The van der Waals surface area contributed by atoms with Crippen molar-refractivity contribution in [3.8, 4) is 0 Å². The van der Waals surface area contributed by atoms with Gasteiger partial charge in [-0.05, 0) is 46.5 Å². The molecule has 7 heteroatoms. The molecule has 0 aliphatic heterocycles. The van der Waals surface area contributed by atoms with Gasteiger partial charge in [0.2, 0.25) is 5.91 Å². The molecule has 3 N–H and O–H groups in total. The van der Waals surface area contributed by atoms with Gasteiger partial charge in [0, 0.05) is 44.2 Å². The van der Waals surface area contributed by atoms with Crippen LogP contribution >= 0.6 is 24.0 Å². The first-order valence-corrected chi connectivity index (χ1v) is 9.17. The number of hydrogen-bond acceptors (Lipinski definition) is 3. The van der Waals surface area contributed by atoms with Crippen molar-refractivity contribution in [3.05, 3.63) is 0 Å². The summed E-state index contributed by atoms with van der Waals surface area (Å²) in [5.41, 5.74) is 0. The molecule has 0 bridgehead atoms. The van der Waals surface area contributed by atoms with E-state index < -0.39 is 0 Å². The molecule has 140 valence electrons. The highest BCUT2D eigenvalue weighted by molar-refractivity contribution is 14.0. The van der Waals surface area contributed by atoms with Crippen LogP contribution in [-0.2, 0) is 4.79 Å². The Kier molecular flexibility index (Phi) is 9.95. The van der Waals surface area contributed by atoms with Crippen LogP contribution in [0.25, 0.3) is 0 Å². The summed E-state index contributed by atoms with van der Waals surface area (Å²) < 4.78 is 0. The number of nitrogens with zero attached hydrogens (tertiary/aromatic N) is 2. The van der Waals surface area contributed by atoms with Crippen molar-refractivity contribution in [1.29, 1.82) is 0 Å². The van der Waals surface area contributed by atoms with Crippen LogP contribution in [0.15, 0.2) is 4.99 Å². The molecule has 24 heavy (non-hydrogen) atoms. The van der Waals surface area contributed by atoms with Crippen LogP contribution in [-0.4, -0.2) is 61.6 Å². The van der Waals surface area contributed by atoms with E-state index in [0.717, 1.165) is 44.5 Å². The highest BCUT2D eigenvalue weighted by atomic mass is 127. The van der Waals surface area contributed by atoms with Gasteiger partial charge in [-0.25, -0.2) is 0 Å². The molecule has 0 radical (unpaired) electrons. The molecule has 0 unspecified atom stereocenters. The fourth-order valence-corrected chi connectivity index (χ4v) is 2.74. The van der Waals surface area contributed by atoms with Crippen LogP contribution < -0.4 is 16.0 Å². The van der Waals surface area contributed by atoms with Crippen LogP contribution in [0.5, 0.6) is 0 Å². The highest BCUT2D eigenvalue weighted by Crippen LogP contribution is 2.28. The van der Waals surface area contributed by atoms with Crippen molar-refractivity contribution < 1.29 is 4.79 Å². The first-order valence-electron chi connectivity index (χ1n) is 9.17. The van der Waals surface area contributed by atoms with E-state index in [4.69, 9.17) is 0 Å². The number of rotatable bonds is 10. The van der Waals surface area contributed by atoms with Gasteiger partial charge in [-0.1, -0.05) is 0 Å². The summed E-state index contributed by atoms with van der Waals surface area (Å²) in [7, 11) is 0. The summed E-state index contributed by atoms with van der Waals surface area (Å²) in [4.78, 5) is 18.8. The van der Waals surface area contributed by atoms with E-state index in [1.165, 1.54) is 12.8 Å². The van der Waals surface area contributed by atoms with E-state index in [9.17, 15) is 4.79 Å². The molecule has 2 aliphatic rings. The molecule has 6 nitrogen and oxygen atoms in total. The van der Waals surface area contributed by atoms with Crippen molar-refractivity contribution >= 4 is 35.8 Å². The summed E-state index contributed by atoms with van der Waals surface area (Å²) in [6.45, 7) is 10.6. The third-order valence-electron chi connectivity index (χ3n) is 4.32. The number of amides is 1. The van der Waals surface area contributed by atoms with Gasteiger partial charge in [0.1, 0.15) is 0 Å². The minimum Gasteiger partial charge on any atom is -0.357 e. The van der Waals surface area contributed by atoms with E-state index in [0.29, 0.717) is 19.1 Å². The molecule has 2 saturated carbocycles. The summed E-state index contributed by atoms with van der Waals surface area (Å²) >= 11 is 0. The Morgan fingerprint density at radius 3 is 2.33 bits per heavy atom. The maximum absolute atomic E-state index is 11.6. The molecule has 0 atom stereocenters. The van der Waals surface area contributed by atoms with Gasteiger partial charge in [0.25, 0.3) is 0 Å². The first kappa shape index (κ1) is 21.5. The van der Waals surface area contributed by atoms with Crippen molar-refractivity contribution in [2.45, 2.75) is 58.5 Å². The normalized spacial score (nSPS) is 17.6. The summed E-state index contributed by atoms with van der Waals surface area (Å²) in [6.07, 6.45) is 4.77. The van der Waals surface area contributed by atoms with Gasteiger partial charge in [-0.3, -0.25) is 14.7 Å². The van der Waals surface area contributed by atoms with Crippen LogP contribution in [0.2, 0.25) is 0 Å². The zero-order chi connectivity index (χ0) is 16.7. The predicted molar refractivity (Wildman–Crippen MR) is 110 cm³/mol. The smallest absolute Gasteiger partial charge is 0.223 e. The number of carbonyl (C=O) groups excluding carboxylic acids is 1. The number of nitrogens with one attached hydrogen (secondary N) is 3. The van der Waals surface area contributed by atoms with E-state index >= 15 is 0 Å². The average molecular weight is 451 g/mol. The average Bonchev–Trinajstić information content (AvgIpc) is 3.39. The van der Waals surface area contributed by atoms with Crippen LogP contribution in [0.4, 0.5) is 0 Å². The van der Waals surface area contributed by atoms with Gasteiger partial charge in [0.15, 0.2) is 5.96 Å². The molecular formula is C17H34IN5O. The molecule has 2 rings (SSSR count).